The highest BCUT2D eigenvalue weighted by Crippen LogP contribution is 2.32. The summed E-state index contributed by atoms with van der Waals surface area (Å²) in [6.45, 7) is 3.36. The molecule has 1 saturated heterocycles. The summed E-state index contributed by atoms with van der Waals surface area (Å²) in [6.07, 6.45) is 2.94. The van der Waals surface area contributed by atoms with Gasteiger partial charge in [-0.3, -0.25) is 4.79 Å². The minimum absolute atomic E-state index is 0.0462. The van der Waals surface area contributed by atoms with Crippen molar-refractivity contribution in [3.05, 3.63) is 52.7 Å². The van der Waals surface area contributed by atoms with Gasteiger partial charge in [-0.15, -0.1) is 0 Å². The smallest absolute Gasteiger partial charge is 0.276 e. The lowest BCUT2D eigenvalue weighted by molar-refractivity contribution is 0.0783. The van der Waals surface area contributed by atoms with Crippen LogP contribution in [0.3, 0.4) is 0 Å². The molecule has 5 heteroatoms. The van der Waals surface area contributed by atoms with Crippen LogP contribution in [0.25, 0.3) is 0 Å². The van der Waals surface area contributed by atoms with E-state index in [2.05, 4.69) is 4.98 Å². The number of likely N-dealkylation sites (tertiary alicyclic amines) is 1. The Hall–Kier alpha value is -1.81. The van der Waals surface area contributed by atoms with Gasteiger partial charge >= 0.3 is 0 Å². The molecule has 1 atom stereocenters. The number of aryl methyl sites for hydroxylation is 1. The van der Waals surface area contributed by atoms with Gasteiger partial charge in [0.25, 0.3) is 5.91 Å². The molecule has 1 aliphatic rings. The lowest BCUT2D eigenvalue weighted by Crippen LogP contribution is -2.29. The normalized spacial score (nSPS) is 18.2. The summed E-state index contributed by atoms with van der Waals surface area (Å²) in [6, 6.07) is 7.84. The first kappa shape index (κ1) is 14.1. The van der Waals surface area contributed by atoms with Gasteiger partial charge in [-0.1, -0.05) is 36.7 Å². The fraction of sp³-hybridized carbons (Fsp3) is 0.375. The van der Waals surface area contributed by atoms with Crippen molar-refractivity contribution < 1.29 is 9.21 Å². The summed E-state index contributed by atoms with van der Waals surface area (Å²) >= 11 is 6.25. The number of carbonyl (C=O) groups is 1. The number of rotatable bonds is 3. The van der Waals surface area contributed by atoms with E-state index in [-0.39, 0.29) is 5.91 Å². The SMILES string of the molecule is CCc1ocnc1C(=O)N1CC[C@H](c2ccccc2Cl)C1. The molecule has 0 spiro atoms. The van der Waals surface area contributed by atoms with Gasteiger partial charge in [-0.05, 0) is 18.1 Å². The highest BCUT2D eigenvalue weighted by molar-refractivity contribution is 6.31. The molecule has 1 fully saturated rings. The molecule has 1 aromatic carbocycles. The van der Waals surface area contributed by atoms with Crippen LogP contribution in [-0.2, 0) is 6.42 Å². The number of nitrogens with zero attached hydrogens (tertiary/aromatic N) is 2. The van der Waals surface area contributed by atoms with Gasteiger partial charge in [0.05, 0.1) is 0 Å². The predicted molar refractivity (Wildman–Crippen MR) is 80.6 cm³/mol. The van der Waals surface area contributed by atoms with E-state index in [1.54, 1.807) is 0 Å². The molecule has 0 unspecified atom stereocenters. The molecule has 0 radical (unpaired) electrons. The van der Waals surface area contributed by atoms with Crippen LogP contribution in [0.15, 0.2) is 35.1 Å². The van der Waals surface area contributed by atoms with Crippen LogP contribution < -0.4 is 0 Å². The van der Waals surface area contributed by atoms with Crippen LogP contribution in [0.1, 0.15) is 41.1 Å². The third-order valence-electron chi connectivity index (χ3n) is 3.99. The largest absolute Gasteiger partial charge is 0.448 e. The van der Waals surface area contributed by atoms with E-state index in [4.69, 9.17) is 16.0 Å². The van der Waals surface area contributed by atoms with Crippen LogP contribution in [0.5, 0.6) is 0 Å². The number of benzene rings is 1. The Morgan fingerprint density at radius 2 is 2.29 bits per heavy atom. The fourth-order valence-electron chi connectivity index (χ4n) is 2.85. The van der Waals surface area contributed by atoms with Crippen LogP contribution >= 0.6 is 11.6 Å². The Balaban J connectivity index is 1.76. The van der Waals surface area contributed by atoms with Crippen molar-refractivity contribution >= 4 is 17.5 Å². The summed E-state index contributed by atoms with van der Waals surface area (Å²) in [5, 5.41) is 0.771. The number of hydrogen-bond acceptors (Lipinski definition) is 3. The minimum atomic E-state index is -0.0462. The Morgan fingerprint density at radius 1 is 1.48 bits per heavy atom. The molecule has 3 rings (SSSR count). The van der Waals surface area contributed by atoms with Crippen molar-refractivity contribution in [2.75, 3.05) is 13.1 Å². The van der Waals surface area contributed by atoms with Crippen molar-refractivity contribution in [1.29, 1.82) is 0 Å². The fourth-order valence-corrected chi connectivity index (χ4v) is 3.14. The maximum atomic E-state index is 12.5. The van der Waals surface area contributed by atoms with E-state index < -0.39 is 0 Å². The molecule has 1 aromatic heterocycles. The Kier molecular flexibility index (Phi) is 3.97. The summed E-state index contributed by atoms with van der Waals surface area (Å²) in [5.41, 5.74) is 1.56. The lowest BCUT2D eigenvalue weighted by Gasteiger charge is -2.16. The molecule has 0 aliphatic carbocycles. The van der Waals surface area contributed by atoms with Crippen molar-refractivity contribution in [1.82, 2.24) is 9.88 Å². The third kappa shape index (κ3) is 2.68. The second-order valence-electron chi connectivity index (χ2n) is 5.24. The van der Waals surface area contributed by atoms with Crippen LogP contribution in [0, 0.1) is 0 Å². The lowest BCUT2D eigenvalue weighted by atomic mass is 9.98. The van der Waals surface area contributed by atoms with Crippen molar-refractivity contribution in [2.45, 2.75) is 25.7 Å². The molecule has 21 heavy (non-hydrogen) atoms. The molecule has 2 heterocycles. The number of halogens is 1. The molecular formula is C16H17ClN2O2. The first-order chi connectivity index (χ1) is 10.2. The van der Waals surface area contributed by atoms with Crippen molar-refractivity contribution in [2.24, 2.45) is 0 Å². The number of carbonyl (C=O) groups excluding carboxylic acids is 1. The molecular weight excluding hydrogens is 288 g/mol. The van der Waals surface area contributed by atoms with Crippen molar-refractivity contribution in [3.63, 3.8) is 0 Å². The molecule has 0 saturated carbocycles. The third-order valence-corrected chi connectivity index (χ3v) is 4.33. The molecule has 110 valence electrons. The van der Waals surface area contributed by atoms with Gasteiger partial charge in [-0.2, -0.15) is 0 Å². The van der Waals surface area contributed by atoms with Crippen LogP contribution in [-0.4, -0.2) is 28.9 Å². The van der Waals surface area contributed by atoms with E-state index in [9.17, 15) is 4.79 Å². The van der Waals surface area contributed by atoms with E-state index in [0.29, 0.717) is 30.3 Å². The first-order valence-corrected chi connectivity index (χ1v) is 7.54. The van der Waals surface area contributed by atoms with Gasteiger partial charge in [0.1, 0.15) is 5.76 Å². The van der Waals surface area contributed by atoms with Gasteiger partial charge < -0.3 is 9.32 Å². The first-order valence-electron chi connectivity index (χ1n) is 7.16. The van der Waals surface area contributed by atoms with Crippen LogP contribution in [0.2, 0.25) is 5.02 Å². The number of aromatic nitrogens is 1. The zero-order valence-electron chi connectivity index (χ0n) is 11.9. The number of amides is 1. The van der Waals surface area contributed by atoms with Gasteiger partial charge in [0, 0.05) is 30.5 Å². The zero-order valence-corrected chi connectivity index (χ0v) is 12.6. The summed E-state index contributed by atoms with van der Waals surface area (Å²) < 4.78 is 5.25. The van der Waals surface area contributed by atoms with E-state index >= 15 is 0 Å². The highest BCUT2D eigenvalue weighted by atomic mass is 35.5. The summed E-state index contributed by atoms with van der Waals surface area (Å²) in [4.78, 5) is 18.4. The molecule has 2 aromatic rings. The monoisotopic (exact) mass is 304 g/mol. The van der Waals surface area contributed by atoms with Crippen LogP contribution in [0.4, 0.5) is 0 Å². The Bertz CT molecular complexity index is 653. The number of hydrogen-bond donors (Lipinski definition) is 0. The van der Waals surface area contributed by atoms with Gasteiger partial charge in [0.2, 0.25) is 0 Å². The van der Waals surface area contributed by atoms with E-state index in [0.717, 1.165) is 23.6 Å². The highest BCUT2D eigenvalue weighted by Gasteiger charge is 2.31. The summed E-state index contributed by atoms with van der Waals surface area (Å²) in [7, 11) is 0. The van der Waals surface area contributed by atoms with E-state index in [1.165, 1.54) is 6.39 Å². The van der Waals surface area contributed by atoms with E-state index in [1.807, 2.05) is 36.1 Å². The maximum Gasteiger partial charge on any atom is 0.276 e. The predicted octanol–water partition coefficient (Wildman–Crippen LogP) is 3.52. The summed E-state index contributed by atoms with van der Waals surface area (Å²) in [5.74, 6) is 0.899. The molecule has 4 nitrogen and oxygen atoms in total. The zero-order chi connectivity index (χ0) is 14.8. The molecule has 0 N–H and O–H groups in total. The number of oxazole rings is 1. The second-order valence-corrected chi connectivity index (χ2v) is 5.64. The standard InChI is InChI=1S/C16H17ClN2O2/c1-2-14-15(18-10-21-14)16(20)19-8-7-11(9-19)12-5-3-4-6-13(12)17/h3-6,10-11H,2,7-9H2,1H3/t11-/m0/s1. The second kappa shape index (κ2) is 5.90. The average molecular weight is 305 g/mol. The maximum absolute atomic E-state index is 12.5. The molecule has 0 bridgehead atoms. The quantitative estimate of drug-likeness (QED) is 0.871. The topological polar surface area (TPSA) is 46.3 Å². The molecule has 1 amide bonds. The average Bonchev–Trinajstić information content (AvgIpc) is 3.16. The molecule has 1 aliphatic heterocycles. The van der Waals surface area contributed by atoms with Crippen molar-refractivity contribution in [3.8, 4) is 0 Å². The minimum Gasteiger partial charge on any atom is -0.448 e. The van der Waals surface area contributed by atoms with Gasteiger partial charge in [0.15, 0.2) is 12.1 Å². The Morgan fingerprint density at radius 3 is 3.05 bits per heavy atom. The Labute approximate surface area is 128 Å². The van der Waals surface area contributed by atoms with Gasteiger partial charge in [-0.25, -0.2) is 4.98 Å².